The molecule has 1 heterocycles. The largest absolute Gasteiger partial charge is 0.465 e. The van der Waals surface area contributed by atoms with Gasteiger partial charge in [0.2, 0.25) is 0 Å². The van der Waals surface area contributed by atoms with Gasteiger partial charge in [-0.3, -0.25) is 9.78 Å². The molecule has 0 saturated carbocycles. The molecule has 0 radical (unpaired) electrons. The summed E-state index contributed by atoms with van der Waals surface area (Å²) in [6.07, 6.45) is 4.98. The molecule has 0 fully saturated rings. The van der Waals surface area contributed by atoms with E-state index in [-0.39, 0.29) is 11.6 Å². The van der Waals surface area contributed by atoms with Crippen LogP contribution in [0.25, 0.3) is 0 Å². The molecule has 25 heavy (non-hydrogen) atoms. The van der Waals surface area contributed by atoms with Gasteiger partial charge >= 0.3 is 5.97 Å². The Balaban J connectivity index is 2.08. The van der Waals surface area contributed by atoms with Crippen LogP contribution in [0.15, 0.2) is 42.6 Å². The fourth-order valence-electron chi connectivity index (χ4n) is 2.34. The lowest BCUT2D eigenvalue weighted by Crippen LogP contribution is -2.17. The zero-order valence-corrected chi connectivity index (χ0v) is 14.5. The maximum Gasteiger partial charge on any atom is 0.339 e. The first-order chi connectivity index (χ1) is 12.2. The number of rotatable bonds is 8. The Hall–Kier alpha value is -2.89. The summed E-state index contributed by atoms with van der Waals surface area (Å²) in [6, 6.07) is 10.2. The second kappa shape index (κ2) is 9.42. The van der Waals surface area contributed by atoms with E-state index in [4.69, 9.17) is 4.74 Å². The number of unbranched alkanes of at least 4 members (excludes halogenated alkanes) is 2. The van der Waals surface area contributed by atoms with Gasteiger partial charge in [-0.25, -0.2) is 4.79 Å². The summed E-state index contributed by atoms with van der Waals surface area (Å²) in [7, 11) is 1.30. The van der Waals surface area contributed by atoms with Crippen LogP contribution in [0.3, 0.4) is 0 Å². The number of pyridine rings is 1. The Bertz CT molecular complexity index is 731. The maximum absolute atomic E-state index is 12.5. The van der Waals surface area contributed by atoms with Crippen molar-refractivity contribution in [2.45, 2.75) is 26.2 Å². The minimum atomic E-state index is -0.504. The highest BCUT2D eigenvalue weighted by atomic mass is 16.5. The minimum absolute atomic E-state index is 0.278. The number of carbonyl (C=O) groups is 2. The van der Waals surface area contributed by atoms with Crippen molar-refractivity contribution >= 4 is 23.3 Å². The lowest BCUT2D eigenvalue weighted by molar-refractivity contribution is 0.0602. The van der Waals surface area contributed by atoms with Crippen LogP contribution in [0.4, 0.5) is 11.4 Å². The third kappa shape index (κ3) is 5.31. The van der Waals surface area contributed by atoms with E-state index in [2.05, 4.69) is 22.5 Å². The molecular formula is C19H23N3O3. The molecule has 0 atom stereocenters. The molecule has 0 saturated heterocycles. The number of methoxy groups -OCH3 is 1. The summed E-state index contributed by atoms with van der Waals surface area (Å²) < 4.78 is 4.73. The maximum atomic E-state index is 12.5. The third-order valence-electron chi connectivity index (χ3n) is 3.68. The first kappa shape index (κ1) is 18.4. The van der Waals surface area contributed by atoms with E-state index in [0.29, 0.717) is 11.3 Å². The molecular weight excluding hydrogens is 318 g/mol. The van der Waals surface area contributed by atoms with Gasteiger partial charge in [0.25, 0.3) is 5.91 Å². The van der Waals surface area contributed by atoms with Crippen molar-refractivity contribution in [3.05, 3.63) is 53.9 Å². The summed E-state index contributed by atoms with van der Waals surface area (Å²) >= 11 is 0. The van der Waals surface area contributed by atoms with Gasteiger partial charge in [-0.1, -0.05) is 31.9 Å². The molecule has 6 nitrogen and oxygen atoms in total. The summed E-state index contributed by atoms with van der Waals surface area (Å²) in [5.74, 6) is -0.885. The fraction of sp³-hybridized carbons (Fsp3) is 0.316. The second-order valence-electron chi connectivity index (χ2n) is 5.55. The molecule has 0 spiro atoms. The Morgan fingerprint density at radius 2 is 1.96 bits per heavy atom. The van der Waals surface area contributed by atoms with Crippen LogP contribution in [0.2, 0.25) is 0 Å². The van der Waals surface area contributed by atoms with E-state index in [9.17, 15) is 9.59 Å². The van der Waals surface area contributed by atoms with E-state index >= 15 is 0 Å². The van der Waals surface area contributed by atoms with Crippen LogP contribution in [0.5, 0.6) is 0 Å². The minimum Gasteiger partial charge on any atom is -0.465 e. The van der Waals surface area contributed by atoms with E-state index in [0.717, 1.165) is 31.5 Å². The Morgan fingerprint density at radius 3 is 2.72 bits per heavy atom. The molecule has 1 aromatic carbocycles. The van der Waals surface area contributed by atoms with Crippen molar-refractivity contribution in [1.82, 2.24) is 4.98 Å². The fourth-order valence-corrected chi connectivity index (χ4v) is 2.34. The smallest absolute Gasteiger partial charge is 0.339 e. The molecule has 2 N–H and O–H groups in total. The molecule has 2 rings (SSSR count). The van der Waals surface area contributed by atoms with E-state index in [1.807, 2.05) is 6.07 Å². The van der Waals surface area contributed by atoms with Gasteiger partial charge in [0.1, 0.15) is 5.69 Å². The van der Waals surface area contributed by atoms with Crippen molar-refractivity contribution in [2.75, 3.05) is 24.3 Å². The highest BCUT2D eigenvalue weighted by Crippen LogP contribution is 2.17. The molecule has 0 aliphatic rings. The molecule has 0 aliphatic heterocycles. The number of esters is 1. The van der Waals surface area contributed by atoms with Gasteiger partial charge in [0.05, 0.1) is 18.4 Å². The molecule has 0 unspecified atom stereocenters. The number of hydrogen-bond donors (Lipinski definition) is 2. The topological polar surface area (TPSA) is 80.3 Å². The molecule has 6 heteroatoms. The van der Waals surface area contributed by atoms with Crippen LogP contribution in [-0.2, 0) is 4.74 Å². The average molecular weight is 341 g/mol. The Kier molecular flexibility index (Phi) is 6.95. The van der Waals surface area contributed by atoms with Crippen LogP contribution in [0, 0.1) is 0 Å². The van der Waals surface area contributed by atoms with Crippen molar-refractivity contribution in [2.24, 2.45) is 0 Å². The molecule has 0 bridgehead atoms. The third-order valence-corrected chi connectivity index (χ3v) is 3.68. The summed E-state index contributed by atoms with van der Waals surface area (Å²) in [5, 5.41) is 6.00. The summed E-state index contributed by atoms with van der Waals surface area (Å²) in [5.41, 5.74) is 1.81. The zero-order chi connectivity index (χ0) is 18.1. The molecule has 2 aromatic rings. The van der Waals surface area contributed by atoms with E-state index < -0.39 is 5.97 Å². The number of carbonyl (C=O) groups excluding carboxylic acids is 2. The number of nitrogens with zero attached hydrogens (tertiary/aromatic N) is 1. The highest BCUT2D eigenvalue weighted by molar-refractivity contribution is 6.07. The molecule has 0 aliphatic carbocycles. The van der Waals surface area contributed by atoms with Gasteiger partial charge < -0.3 is 15.4 Å². The standard InChI is InChI=1S/C19H23N3O3/c1-3-4-7-11-20-14-10-12-21-17(13-14)18(23)22-16-9-6-5-8-15(16)19(24)25-2/h5-6,8-10,12-13H,3-4,7,11H2,1-2H3,(H,20,21)(H,22,23). The number of nitrogens with one attached hydrogen (secondary N) is 2. The molecule has 1 amide bonds. The Morgan fingerprint density at radius 1 is 1.16 bits per heavy atom. The number of hydrogen-bond acceptors (Lipinski definition) is 5. The number of ether oxygens (including phenoxy) is 1. The van der Waals surface area contributed by atoms with Gasteiger partial charge in [0, 0.05) is 18.4 Å². The highest BCUT2D eigenvalue weighted by Gasteiger charge is 2.15. The van der Waals surface area contributed by atoms with Crippen LogP contribution in [0.1, 0.15) is 47.0 Å². The van der Waals surface area contributed by atoms with Gasteiger partial charge in [-0.15, -0.1) is 0 Å². The van der Waals surface area contributed by atoms with Gasteiger partial charge in [-0.05, 0) is 30.7 Å². The average Bonchev–Trinajstić information content (AvgIpc) is 2.65. The van der Waals surface area contributed by atoms with Crippen LogP contribution in [-0.4, -0.2) is 30.5 Å². The van der Waals surface area contributed by atoms with Crippen LogP contribution >= 0.6 is 0 Å². The predicted molar refractivity (Wildman–Crippen MR) is 98.0 cm³/mol. The number of benzene rings is 1. The quantitative estimate of drug-likeness (QED) is 0.565. The molecule has 1 aromatic heterocycles. The number of amides is 1. The monoisotopic (exact) mass is 341 g/mol. The van der Waals surface area contributed by atoms with Crippen molar-refractivity contribution < 1.29 is 14.3 Å². The van der Waals surface area contributed by atoms with Gasteiger partial charge in [0.15, 0.2) is 0 Å². The van der Waals surface area contributed by atoms with Crippen molar-refractivity contribution in [3.63, 3.8) is 0 Å². The zero-order valence-electron chi connectivity index (χ0n) is 14.5. The summed E-state index contributed by atoms with van der Waals surface area (Å²) in [4.78, 5) is 28.3. The first-order valence-electron chi connectivity index (χ1n) is 8.34. The number of aromatic nitrogens is 1. The predicted octanol–water partition coefficient (Wildman–Crippen LogP) is 3.72. The molecule has 132 valence electrons. The van der Waals surface area contributed by atoms with E-state index in [1.165, 1.54) is 7.11 Å². The normalized spacial score (nSPS) is 10.2. The van der Waals surface area contributed by atoms with E-state index in [1.54, 1.807) is 36.5 Å². The van der Waals surface area contributed by atoms with Crippen molar-refractivity contribution in [3.8, 4) is 0 Å². The number of anilines is 2. The van der Waals surface area contributed by atoms with Crippen molar-refractivity contribution in [1.29, 1.82) is 0 Å². The first-order valence-corrected chi connectivity index (χ1v) is 8.34. The lowest BCUT2D eigenvalue weighted by Gasteiger charge is -2.10. The second-order valence-corrected chi connectivity index (χ2v) is 5.55. The van der Waals surface area contributed by atoms with Crippen LogP contribution < -0.4 is 10.6 Å². The SMILES string of the molecule is CCCCCNc1ccnc(C(=O)Nc2ccccc2C(=O)OC)c1. The number of para-hydroxylation sites is 1. The lowest BCUT2D eigenvalue weighted by atomic mass is 10.1. The Labute approximate surface area is 147 Å². The van der Waals surface area contributed by atoms with Gasteiger partial charge in [-0.2, -0.15) is 0 Å². The summed E-state index contributed by atoms with van der Waals surface area (Å²) in [6.45, 7) is 3.01.